The van der Waals surface area contributed by atoms with Crippen LogP contribution < -0.4 is 10.6 Å². The summed E-state index contributed by atoms with van der Waals surface area (Å²) in [4.78, 5) is 0. The maximum absolute atomic E-state index is 10.7. The molecule has 6 heteroatoms. The Morgan fingerprint density at radius 3 is 1.19 bits per heavy atom. The molecule has 0 fully saturated rings. The number of hydrogen-bond acceptors (Lipinski definition) is 4. The van der Waals surface area contributed by atoms with Crippen LogP contribution in [0.4, 0.5) is 11.4 Å². The molecule has 0 aliphatic carbocycles. The highest BCUT2D eigenvalue weighted by Gasteiger charge is 2.29. The number of anilines is 2. The SMILES string of the molecule is Oc1ccccc1C(Nc1ccc(Br)cc1)C(Nc1ccc(Br)cc1)c1ccccc1O. The maximum atomic E-state index is 10.7. The number of halogens is 2. The van der Waals surface area contributed by atoms with Gasteiger partial charge < -0.3 is 20.8 Å². The molecule has 4 aromatic rings. The normalized spacial score (nSPS) is 12.7. The molecule has 162 valence electrons. The van der Waals surface area contributed by atoms with Crippen LogP contribution in [0.15, 0.2) is 106 Å². The van der Waals surface area contributed by atoms with Gasteiger partial charge in [0.15, 0.2) is 0 Å². The molecule has 2 atom stereocenters. The largest absolute Gasteiger partial charge is 0.508 e. The van der Waals surface area contributed by atoms with Gasteiger partial charge in [0.05, 0.1) is 12.1 Å². The van der Waals surface area contributed by atoms with E-state index in [2.05, 4.69) is 42.5 Å². The van der Waals surface area contributed by atoms with E-state index in [1.807, 2.05) is 72.8 Å². The number of rotatable bonds is 7. The molecule has 0 radical (unpaired) electrons. The zero-order valence-electron chi connectivity index (χ0n) is 17.0. The smallest absolute Gasteiger partial charge is 0.120 e. The van der Waals surface area contributed by atoms with Crippen molar-refractivity contribution in [3.05, 3.63) is 117 Å². The number of benzene rings is 4. The Morgan fingerprint density at radius 2 is 0.844 bits per heavy atom. The molecular weight excluding hydrogens is 532 g/mol. The fraction of sp³-hybridized carbons (Fsp3) is 0.0769. The van der Waals surface area contributed by atoms with Gasteiger partial charge in [0.1, 0.15) is 11.5 Å². The number of hydrogen-bond donors (Lipinski definition) is 4. The maximum Gasteiger partial charge on any atom is 0.120 e. The Kier molecular flexibility index (Phi) is 7.02. The summed E-state index contributed by atoms with van der Waals surface area (Å²) in [5.74, 6) is 0.361. The van der Waals surface area contributed by atoms with Gasteiger partial charge in [-0.25, -0.2) is 0 Å². The fourth-order valence-electron chi connectivity index (χ4n) is 3.63. The molecule has 0 aliphatic rings. The van der Waals surface area contributed by atoms with Crippen LogP contribution >= 0.6 is 31.9 Å². The molecule has 4 N–H and O–H groups in total. The van der Waals surface area contributed by atoms with E-state index in [-0.39, 0.29) is 11.5 Å². The summed E-state index contributed by atoms with van der Waals surface area (Å²) < 4.78 is 1.96. The third-order valence-corrected chi connectivity index (χ3v) is 6.27. The van der Waals surface area contributed by atoms with Gasteiger partial charge in [-0.05, 0) is 60.7 Å². The van der Waals surface area contributed by atoms with Crippen LogP contribution in [0.25, 0.3) is 0 Å². The zero-order chi connectivity index (χ0) is 22.5. The summed E-state index contributed by atoms with van der Waals surface area (Å²) in [7, 11) is 0. The van der Waals surface area contributed by atoms with Crippen LogP contribution in [-0.4, -0.2) is 10.2 Å². The molecule has 0 saturated heterocycles. The monoisotopic (exact) mass is 552 g/mol. The Morgan fingerprint density at radius 1 is 0.500 bits per heavy atom. The molecule has 0 aromatic heterocycles. The summed E-state index contributed by atoms with van der Waals surface area (Å²) in [6.07, 6.45) is 0. The van der Waals surface area contributed by atoms with E-state index >= 15 is 0 Å². The van der Waals surface area contributed by atoms with Crippen LogP contribution in [0, 0.1) is 0 Å². The van der Waals surface area contributed by atoms with Crippen molar-refractivity contribution in [1.82, 2.24) is 0 Å². The molecule has 4 aromatic carbocycles. The molecule has 2 unspecified atom stereocenters. The average molecular weight is 554 g/mol. The van der Waals surface area contributed by atoms with Gasteiger partial charge >= 0.3 is 0 Å². The average Bonchev–Trinajstić information content (AvgIpc) is 2.80. The van der Waals surface area contributed by atoms with Crippen LogP contribution in [-0.2, 0) is 0 Å². The van der Waals surface area contributed by atoms with E-state index in [1.165, 1.54) is 0 Å². The molecule has 0 saturated carbocycles. The topological polar surface area (TPSA) is 64.5 Å². The van der Waals surface area contributed by atoms with E-state index in [0.29, 0.717) is 11.1 Å². The van der Waals surface area contributed by atoms with E-state index < -0.39 is 12.1 Å². The van der Waals surface area contributed by atoms with Crippen LogP contribution in [0.1, 0.15) is 23.2 Å². The van der Waals surface area contributed by atoms with Gasteiger partial charge in [-0.15, -0.1) is 0 Å². The molecule has 4 rings (SSSR count). The highest BCUT2D eigenvalue weighted by molar-refractivity contribution is 9.10. The first-order valence-electron chi connectivity index (χ1n) is 10.1. The standard InChI is InChI=1S/C26H22Br2N2O2/c27-17-9-13-19(14-10-17)29-25(21-5-1-3-7-23(21)31)26(22-6-2-4-8-24(22)32)30-20-15-11-18(28)12-16-20/h1-16,25-26,29-32H. The van der Waals surface area contributed by atoms with Crippen molar-refractivity contribution in [2.45, 2.75) is 12.1 Å². The van der Waals surface area contributed by atoms with Crippen molar-refractivity contribution in [1.29, 1.82) is 0 Å². The van der Waals surface area contributed by atoms with Crippen LogP contribution in [0.2, 0.25) is 0 Å². The summed E-state index contributed by atoms with van der Waals surface area (Å²) in [6, 6.07) is 29.5. The first kappa shape index (κ1) is 22.2. The quantitative estimate of drug-likeness (QED) is 0.190. The van der Waals surface area contributed by atoms with E-state index in [4.69, 9.17) is 0 Å². The second-order valence-electron chi connectivity index (χ2n) is 7.38. The molecule has 0 spiro atoms. The molecule has 0 bridgehead atoms. The lowest BCUT2D eigenvalue weighted by molar-refractivity contribution is 0.447. The Balaban J connectivity index is 1.82. The predicted octanol–water partition coefficient (Wildman–Crippen LogP) is 7.63. The number of aromatic hydroxyl groups is 2. The van der Waals surface area contributed by atoms with Gasteiger partial charge in [0.25, 0.3) is 0 Å². The van der Waals surface area contributed by atoms with Gasteiger partial charge in [-0.3, -0.25) is 0 Å². The second-order valence-corrected chi connectivity index (χ2v) is 9.21. The number of nitrogens with one attached hydrogen (secondary N) is 2. The Hall–Kier alpha value is -2.96. The predicted molar refractivity (Wildman–Crippen MR) is 137 cm³/mol. The van der Waals surface area contributed by atoms with Gasteiger partial charge in [-0.1, -0.05) is 68.3 Å². The Labute approximate surface area is 204 Å². The molecule has 0 heterocycles. The fourth-order valence-corrected chi connectivity index (χ4v) is 4.16. The molecule has 0 aliphatic heterocycles. The summed E-state index contributed by atoms with van der Waals surface area (Å²) in [6.45, 7) is 0. The van der Waals surface area contributed by atoms with E-state index in [1.54, 1.807) is 24.3 Å². The van der Waals surface area contributed by atoms with Gasteiger partial charge in [0.2, 0.25) is 0 Å². The van der Waals surface area contributed by atoms with Gasteiger partial charge in [-0.2, -0.15) is 0 Å². The third kappa shape index (κ3) is 5.26. The van der Waals surface area contributed by atoms with Crippen LogP contribution in [0.5, 0.6) is 11.5 Å². The van der Waals surface area contributed by atoms with E-state index in [0.717, 1.165) is 20.3 Å². The minimum Gasteiger partial charge on any atom is -0.508 e. The first-order chi connectivity index (χ1) is 15.5. The summed E-state index contributed by atoms with van der Waals surface area (Å²) in [5, 5.41) is 28.6. The third-order valence-electron chi connectivity index (χ3n) is 5.21. The van der Waals surface area contributed by atoms with Crippen molar-refractivity contribution in [3.63, 3.8) is 0 Å². The number of para-hydroxylation sites is 2. The van der Waals surface area contributed by atoms with Crippen LogP contribution in [0.3, 0.4) is 0 Å². The minimum atomic E-state index is -0.394. The molecule has 32 heavy (non-hydrogen) atoms. The molecular formula is C26H22Br2N2O2. The van der Waals surface area contributed by atoms with Gasteiger partial charge in [0, 0.05) is 31.4 Å². The number of phenols is 2. The lowest BCUT2D eigenvalue weighted by atomic mass is 9.91. The minimum absolute atomic E-state index is 0.181. The number of phenolic OH excluding ortho intramolecular Hbond substituents is 2. The van der Waals surface area contributed by atoms with Crippen molar-refractivity contribution in [3.8, 4) is 11.5 Å². The highest BCUT2D eigenvalue weighted by Crippen LogP contribution is 2.41. The highest BCUT2D eigenvalue weighted by atomic mass is 79.9. The first-order valence-corrected chi connectivity index (χ1v) is 11.7. The lowest BCUT2D eigenvalue weighted by Gasteiger charge is -2.32. The lowest BCUT2D eigenvalue weighted by Crippen LogP contribution is -2.26. The summed E-state index contributed by atoms with van der Waals surface area (Å²) >= 11 is 6.95. The van der Waals surface area contributed by atoms with Crippen molar-refractivity contribution in [2.75, 3.05) is 10.6 Å². The Bertz CT molecular complexity index is 1090. The van der Waals surface area contributed by atoms with E-state index in [9.17, 15) is 10.2 Å². The van der Waals surface area contributed by atoms with Crippen molar-refractivity contribution in [2.24, 2.45) is 0 Å². The summed E-state index contributed by atoms with van der Waals surface area (Å²) in [5.41, 5.74) is 3.21. The molecule has 4 nitrogen and oxygen atoms in total. The van der Waals surface area contributed by atoms with Crippen molar-refractivity contribution < 1.29 is 10.2 Å². The molecule has 0 amide bonds. The van der Waals surface area contributed by atoms with Crippen molar-refractivity contribution >= 4 is 43.2 Å². The second kappa shape index (κ2) is 10.1. The zero-order valence-corrected chi connectivity index (χ0v) is 20.2.